The van der Waals surface area contributed by atoms with Crippen LogP contribution < -0.4 is 5.56 Å². The Morgan fingerprint density at radius 3 is 2.71 bits per heavy atom. The van der Waals surface area contributed by atoms with Gasteiger partial charge in [0.1, 0.15) is 5.01 Å². The van der Waals surface area contributed by atoms with Crippen molar-refractivity contribution in [3.63, 3.8) is 0 Å². The molecule has 0 amide bonds. The molecule has 3 N–H and O–H groups in total. The number of aromatic amines is 1. The molecular weight excluding hydrogens is 292 g/mol. The van der Waals surface area contributed by atoms with Gasteiger partial charge in [0.05, 0.1) is 0 Å². The van der Waals surface area contributed by atoms with Crippen molar-refractivity contribution in [2.75, 3.05) is 0 Å². The molecule has 3 aromatic heterocycles. The largest absolute Gasteiger partial charge is 0.412 e. The van der Waals surface area contributed by atoms with Gasteiger partial charge in [-0.25, -0.2) is 0 Å². The van der Waals surface area contributed by atoms with E-state index in [4.69, 9.17) is 0 Å². The van der Waals surface area contributed by atoms with Crippen LogP contribution in [0.3, 0.4) is 0 Å². The van der Waals surface area contributed by atoms with Crippen molar-refractivity contribution in [3.05, 3.63) is 40.2 Å². The van der Waals surface area contributed by atoms with Crippen LogP contribution in [0.1, 0.15) is 5.56 Å². The summed E-state index contributed by atoms with van der Waals surface area (Å²) in [5.74, 6) is 0. The second-order valence-electron chi connectivity index (χ2n) is 4.38. The van der Waals surface area contributed by atoms with Crippen LogP contribution in [0.4, 0.5) is 0 Å². The maximum Gasteiger partial charge on any atom is 0.305 e. The molecule has 4 aromatic rings. The quantitative estimate of drug-likeness (QED) is 0.551. The third kappa shape index (κ3) is 1.99. The number of hydrogen-bond acceptors (Lipinski definition) is 6. The normalized spacial score (nSPS) is 10.9. The van der Waals surface area contributed by atoms with Crippen LogP contribution in [0.15, 0.2) is 29.1 Å². The number of rotatable bonds is 1. The Labute approximate surface area is 121 Å². The lowest BCUT2D eigenvalue weighted by Crippen LogP contribution is -2.15. The second-order valence-corrected chi connectivity index (χ2v) is 5.34. The SMILES string of the molecule is Cc1ccc(-c2nn3c(=O)c4n[nH]nc4nc3s2)cc1.O. The minimum Gasteiger partial charge on any atom is -0.412 e. The van der Waals surface area contributed by atoms with Gasteiger partial charge in [-0.05, 0) is 6.92 Å². The Balaban J connectivity index is 0.00000132. The van der Waals surface area contributed by atoms with E-state index in [9.17, 15) is 4.79 Å². The molecule has 0 unspecified atom stereocenters. The molecule has 0 spiro atoms. The van der Waals surface area contributed by atoms with Crippen LogP contribution >= 0.6 is 11.3 Å². The summed E-state index contributed by atoms with van der Waals surface area (Å²) in [7, 11) is 0. The van der Waals surface area contributed by atoms with Crippen LogP contribution in [-0.4, -0.2) is 35.5 Å². The zero-order valence-corrected chi connectivity index (χ0v) is 11.7. The van der Waals surface area contributed by atoms with Gasteiger partial charge < -0.3 is 5.48 Å². The molecule has 3 heterocycles. The highest BCUT2D eigenvalue weighted by molar-refractivity contribution is 7.19. The number of H-pyrrole nitrogens is 1. The Kier molecular flexibility index (Phi) is 3.00. The van der Waals surface area contributed by atoms with Gasteiger partial charge in [-0.1, -0.05) is 41.2 Å². The van der Waals surface area contributed by atoms with Crippen LogP contribution in [0.25, 0.3) is 26.7 Å². The Morgan fingerprint density at radius 1 is 1.19 bits per heavy atom. The highest BCUT2D eigenvalue weighted by atomic mass is 32.1. The molecule has 0 aliphatic rings. The molecule has 106 valence electrons. The molecule has 0 bridgehead atoms. The first-order chi connectivity index (χ1) is 9.72. The average molecular weight is 302 g/mol. The maximum absolute atomic E-state index is 12.2. The fraction of sp³-hybridized carbons (Fsp3) is 0.0833. The number of aromatic nitrogens is 6. The molecule has 9 heteroatoms. The van der Waals surface area contributed by atoms with Crippen molar-refractivity contribution < 1.29 is 5.48 Å². The zero-order chi connectivity index (χ0) is 13.7. The molecule has 0 radical (unpaired) electrons. The van der Waals surface area contributed by atoms with Gasteiger partial charge in [0, 0.05) is 5.56 Å². The Bertz CT molecular complexity index is 984. The number of hydrogen-bond donors (Lipinski definition) is 1. The zero-order valence-electron chi connectivity index (χ0n) is 10.9. The molecule has 0 saturated carbocycles. The Morgan fingerprint density at radius 2 is 1.95 bits per heavy atom. The Hall–Kier alpha value is -2.65. The van der Waals surface area contributed by atoms with Gasteiger partial charge >= 0.3 is 5.56 Å². The van der Waals surface area contributed by atoms with Gasteiger partial charge in [0.15, 0.2) is 5.52 Å². The van der Waals surface area contributed by atoms with Crippen molar-refractivity contribution in [2.24, 2.45) is 0 Å². The van der Waals surface area contributed by atoms with E-state index >= 15 is 0 Å². The second kappa shape index (κ2) is 4.72. The van der Waals surface area contributed by atoms with Crippen LogP contribution in [0.5, 0.6) is 0 Å². The van der Waals surface area contributed by atoms with Crippen molar-refractivity contribution in [3.8, 4) is 10.6 Å². The minimum atomic E-state index is -0.312. The topological polar surface area (TPSA) is 120 Å². The molecule has 0 atom stereocenters. The summed E-state index contributed by atoms with van der Waals surface area (Å²) in [6.07, 6.45) is 0. The van der Waals surface area contributed by atoms with Gasteiger partial charge in [-0.15, -0.1) is 10.2 Å². The third-order valence-electron chi connectivity index (χ3n) is 2.98. The van der Waals surface area contributed by atoms with Crippen molar-refractivity contribution in [1.29, 1.82) is 0 Å². The third-order valence-corrected chi connectivity index (χ3v) is 3.94. The summed E-state index contributed by atoms with van der Waals surface area (Å²) < 4.78 is 1.27. The highest BCUT2D eigenvalue weighted by Crippen LogP contribution is 2.24. The van der Waals surface area contributed by atoms with Crippen LogP contribution in [0.2, 0.25) is 0 Å². The first kappa shape index (κ1) is 13.3. The maximum atomic E-state index is 12.2. The van der Waals surface area contributed by atoms with Gasteiger partial charge in [0.25, 0.3) is 0 Å². The summed E-state index contributed by atoms with van der Waals surface area (Å²) in [6, 6.07) is 7.96. The molecule has 0 aliphatic carbocycles. The molecule has 8 nitrogen and oxygen atoms in total. The standard InChI is InChI=1S/C12H8N6OS.H2O/c1-6-2-4-7(5-3-6)10-16-18-11(19)8-9(15-17-14-8)13-12(18)20-10;/h2-5H,1H3,(H,14,15,17);1H2. The number of nitrogens with one attached hydrogen (secondary N) is 1. The predicted molar refractivity (Wildman–Crippen MR) is 78.4 cm³/mol. The van der Waals surface area contributed by atoms with Crippen LogP contribution in [0, 0.1) is 6.92 Å². The molecule has 1 aromatic carbocycles. The molecule has 0 aliphatic heterocycles. The van der Waals surface area contributed by atoms with Crippen LogP contribution in [-0.2, 0) is 0 Å². The lowest BCUT2D eigenvalue weighted by atomic mass is 10.2. The van der Waals surface area contributed by atoms with Crippen molar-refractivity contribution in [2.45, 2.75) is 6.92 Å². The van der Waals surface area contributed by atoms with Gasteiger partial charge in [-0.2, -0.15) is 19.8 Å². The minimum absolute atomic E-state index is 0. The van der Waals surface area contributed by atoms with E-state index < -0.39 is 0 Å². The lowest BCUT2D eigenvalue weighted by Gasteiger charge is -1.95. The van der Waals surface area contributed by atoms with Gasteiger partial charge in [0.2, 0.25) is 10.6 Å². The molecular formula is C12H10N6O2S. The van der Waals surface area contributed by atoms with E-state index in [1.165, 1.54) is 21.4 Å². The van der Waals surface area contributed by atoms with E-state index in [0.29, 0.717) is 10.6 Å². The fourth-order valence-electron chi connectivity index (χ4n) is 1.94. The van der Waals surface area contributed by atoms with E-state index in [1.54, 1.807) is 0 Å². The first-order valence-corrected chi connectivity index (χ1v) is 6.71. The smallest absolute Gasteiger partial charge is 0.305 e. The summed E-state index contributed by atoms with van der Waals surface area (Å²) in [6.45, 7) is 2.02. The summed E-state index contributed by atoms with van der Waals surface area (Å²) in [4.78, 5) is 17.0. The fourth-order valence-corrected chi connectivity index (χ4v) is 2.83. The van der Waals surface area contributed by atoms with Gasteiger partial charge in [-0.3, -0.25) is 4.79 Å². The number of aryl methyl sites for hydroxylation is 1. The number of nitrogens with zero attached hydrogens (tertiary/aromatic N) is 5. The number of fused-ring (bicyclic) bond motifs is 2. The van der Waals surface area contributed by atoms with E-state index in [1.807, 2.05) is 31.2 Å². The first-order valence-electron chi connectivity index (χ1n) is 5.90. The van der Waals surface area contributed by atoms with Crippen molar-refractivity contribution >= 4 is 27.5 Å². The lowest BCUT2D eigenvalue weighted by molar-refractivity contribution is 0.824. The monoisotopic (exact) mass is 302 g/mol. The molecule has 21 heavy (non-hydrogen) atoms. The predicted octanol–water partition coefficient (Wildman–Crippen LogP) is 0.573. The van der Waals surface area contributed by atoms with Crippen molar-refractivity contribution in [1.82, 2.24) is 30.0 Å². The summed E-state index contributed by atoms with van der Waals surface area (Å²) in [5, 5.41) is 15.1. The summed E-state index contributed by atoms with van der Waals surface area (Å²) >= 11 is 1.35. The molecule has 0 saturated heterocycles. The highest BCUT2D eigenvalue weighted by Gasteiger charge is 2.14. The average Bonchev–Trinajstić information content (AvgIpc) is 3.06. The van der Waals surface area contributed by atoms with E-state index in [0.717, 1.165) is 10.6 Å². The number of benzene rings is 1. The molecule has 4 rings (SSSR count). The van der Waals surface area contributed by atoms with E-state index in [-0.39, 0.29) is 16.6 Å². The molecule has 0 fully saturated rings. The summed E-state index contributed by atoms with van der Waals surface area (Å²) in [5.41, 5.74) is 2.33. The van der Waals surface area contributed by atoms with E-state index in [2.05, 4.69) is 25.5 Å².